The average molecular weight is 371 g/mol. The molecule has 0 heterocycles. The van der Waals surface area contributed by atoms with Crippen LogP contribution in [0, 0.1) is 13.8 Å². The van der Waals surface area contributed by atoms with E-state index in [1.165, 1.54) is 22.3 Å². The second kappa shape index (κ2) is 11.0. The minimum absolute atomic E-state index is 0. The van der Waals surface area contributed by atoms with Gasteiger partial charge in [0.15, 0.2) is 0 Å². The molecule has 150 valence electrons. The molecule has 0 aliphatic carbocycles. The number of aldehydes is 1. The molecule has 27 heavy (non-hydrogen) atoms. The molecule has 0 spiro atoms. The second-order valence-corrected chi connectivity index (χ2v) is 8.34. The Labute approximate surface area is 166 Å². The van der Waals surface area contributed by atoms with Crippen molar-refractivity contribution in [3.8, 4) is 0 Å². The van der Waals surface area contributed by atoms with E-state index in [9.17, 15) is 4.79 Å². The Hall–Kier alpha value is -1.93. The van der Waals surface area contributed by atoms with Crippen LogP contribution in [0.1, 0.15) is 70.2 Å². The van der Waals surface area contributed by atoms with Gasteiger partial charge < -0.3 is 9.90 Å². The molecule has 0 atom stereocenters. The Balaban J connectivity index is 0.000000483. The van der Waals surface area contributed by atoms with Gasteiger partial charge in [0.05, 0.1) is 0 Å². The Morgan fingerprint density at radius 2 is 1.15 bits per heavy atom. The van der Waals surface area contributed by atoms with Crippen LogP contribution in [-0.2, 0) is 15.6 Å². The van der Waals surface area contributed by atoms with Crippen LogP contribution in [0.2, 0.25) is 0 Å². The number of carbonyl (C=O) groups excluding carboxylic acids is 1. The van der Waals surface area contributed by atoms with Gasteiger partial charge in [-0.25, -0.2) is 0 Å². The molecule has 2 aromatic carbocycles. The van der Waals surface area contributed by atoms with Gasteiger partial charge in [0, 0.05) is 13.0 Å². The highest BCUT2D eigenvalue weighted by molar-refractivity contribution is 5.53. The van der Waals surface area contributed by atoms with Crippen molar-refractivity contribution in [2.75, 3.05) is 6.61 Å². The van der Waals surface area contributed by atoms with Gasteiger partial charge in [-0.1, -0.05) is 94.8 Å². The maximum atomic E-state index is 10.5. The van der Waals surface area contributed by atoms with E-state index in [0.29, 0.717) is 6.42 Å². The van der Waals surface area contributed by atoms with Crippen molar-refractivity contribution in [3.63, 3.8) is 0 Å². The van der Waals surface area contributed by atoms with Crippen LogP contribution in [0.25, 0.3) is 0 Å². The number of hydrogen-bond donors (Lipinski definition) is 1. The molecule has 2 heteroatoms. The summed E-state index contributed by atoms with van der Waals surface area (Å²) in [5, 5.41) is 8.92. The lowest BCUT2D eigenvalue weighted by atomic mass is 9.82. The van der Waals surface area contributed by atoms with Crippen LogP contribution in [0.5, 0.6) is 0 Å². The zero-order valence-corrected chi connectivity index (χ0v) is 17.2. The molecule has 0 aliphatic heterocycles. The number of rotatable bonds is 6. The SMILES string of the molecule is C.Cc1ccc(C(C)(C)CC=O)cc1.Cc1ccc(C(C)(C)CCO)cc1. The van der Waals surface area contributed by atoms with Crippen molar-refractivity contribution < 1.29 is 9.90 Å². The van der Waals surface area contributed by atoms with Gasteiger partial charge >= 0.3 is 0 Å². The fourth-order valence-corrected chi connectivity index (χ4v) is 2.76. The van der Waals surface area contributed by atoms with Crippen LogP contribution in [0.15, 0.2) is 48.5 Å². The second-order valence-electron chi connectivity index (χ2n) is 8.34. The van der Waals surface area contributed by atoms with E-state index in [1.807, 2.05) is 0 Å². The first-order valence-electron chi connectivity index (χ1n) is 9.31. The number of hydrogen-bond acceptors (Lipinski definition) is 2. The largest absolute Gasteiger partial charge is 0.396 e. The van der Waals surface area contributed by atoms with Crippen molar-refractivity contribution in [2.45, 2.75) is 72.6 Å². The molecule has 0 saturated carbocycles. The van der Waals surface area contributed by atoms with E-state index in [2.05, 4.69) is 90.1 Å². The minimum atomic E-state index is -0.0323. The van der Waals surface area contributed by atoms with Gasteiger partial charge in [0.25, 0.3) is 0 Å². The molecule has 0 radical (unpaired) electrons. The predicted molar refractivity (Wildman–Crippen MR) is 118 cm³/mol. The highest BCUT2D eigenvalue weighted by Crippen LogP contribution is 2.27. The zero-order chi connectivity index (χ0) is 19.8. The maximum Gasteiger partial charge on any atom is 0.120 e. The molecule has 2 aromatic rings. The maximum absolute atomic E-state index is 10.5. The van der Waals surface area contributed by atoms with Crippen LogP contribution in [-0.4, -0.2) is 18.0 Å². The Kier molecular flexibility index (Phi) is 10.2. The summed E-state index contributed by atoms with van der Waals surface area (Å²) in [5.41, 5.74) is 5.12. The van der Waals surface area contributed by atoms with Gasteiger partial charge in [-0.05, 0) is 42.2 Å². The van der Waals surface area contributed by atoms with Gasteiger partial charge in [0.1, 0.15) is 6.29 Å². The standard InChI is InChI=1S/C12H18O.C12H16O.CH4/c2*1-10-4-6-11(7-5-10)12(2,3)8-9-13;/h4-7,13H,8-9H2,1-3H3;4-7,9H,8H2,1-3H3;1H4. The summed E-state index contributed by atoms with van der Waals surface area (Å²) >= 11 is 0. The van der Waals surface area contributed by atoms with Gasteiger partial charge in [0.2, 0.25) is 0 Å². The normalized spacial score (nSPS) is 11.1. The lowest BCUT2D eigenvalue weighted by Gasteiger charge is -2.24. The van der Waals surface area contributed by atoms with Crippen molar-refractivity contribution in [1.29, 1.82) is 0 Å². The van der Waals surface area contributed by atoms with Crippen molar-refractivity contribution in [3.05, 3.63) is 70.8 Å². The lowest BCUT2D eigenvalue weighted by molar-refractivity contribution is -0.108. The van der Waals surface area contributed by atoms with Gasteiger partial charge in [-0.3, -0.25) is 0 Å². The van der Waals surface area contributed by atoms with E-state index in [0.717, 1.165) is 12.7 Å². The third-order valence-electron chi connectivity index (χ3n) is 5.00. The fourth-order valence-electron chi connectivity index (χ4n) is 2.76. The Morgan fingerprint density at radius 1 is 0.778 bits per heavy atom. The topological polar surface area (TPSA) is 37.3 Å². The number of aliphatic hydroxyl groups excluding tert-OH is 1. The summed E-state index contributed by atoms with van der Waals surface area (Å²) in [4.78, 5) is 10.5. The fraction of sp³-hybridized carbons (Fsp3) is 0.480. The summed E-state index contributed by atoms with van der Waals surface area (Å²) in [5.74, 6) is 0. The lowest BCUT2D eigenvalue weighted by Crippen LogP contribution is -2.18. The highest BCUT2D eigenvalue weighted by Gasteiger charge is 2.19. The van der Waals surface area contributed by atoms with Gasteiger partial charge in [-0.2, -0.15) is 0 Å². The first kappa shape index (κ1) is 25.1. The molecular formula is C25H38O2. The summed E-state index contributed by atoms with van der Waals surface area (Å²) < 4.78 is 0. The third kappa shape index (κ3) is 8.09. The Bertz CT molecular complexity index is 664. The van der Waals surface area contributed by atoms with Crippen LogP contribution in [0.4, 0.5) is 0 Å². The molecule has 0 saturated heterocycles. The monoisotopic (exact) mass is 370 g/mol. The Morgan fingerprint density at radius 3 is 1.48 bits per heavy atom. The predicted octanol–water partition coefficient (Wildman–Crippen LogP) is 6.15. The average Bonchev–Trinajstić information content (AvgIpc) is 2.56. The first-order valence-corrected chi connectivity index (χ1v) is 9.31. The summed E-state index contributed by atoms with van der Waals surface area (Å²) in [6.07, 6.45) is 2.38. The van der Waals surface area contributed by atoms with Crippen molar-refractivity contribution >= 4 is 6.29 Å². The molecule has 0 amide bonds. The zero-order valence-electron chi connectivity index (χ0n) is 17.2. The smallest absolute Gasteiger partial charge is 0.120 e. The molecule has 0 aliphatic rings. The van der Waals surface area contributed by atoms with Crippen LogP contribution in [0.3, 0.4) is 0 Å². The molecule has 2 nitrogen and oxygen atoms in total. The molecular weight excluding hydrogens is 332 g/mol. The number of benzene rings is 2. The molecule has 1 N–H and O–H groups in total. The third-order valence-corrected chi connectivity index (χ3v) is 5.00. The summed E-state index contributed by atoms with van der Waals surface area (Å²) in [6, 6.07) is 16.9. The van der Waals surface area contributed by atoms with Crippen molar-refractivity contribution in [2.24, 2.45) is 0 Å². The molecule has 0 bridgehead atoms. The van der Waals surface area contributed by atoms with Crippen molar-refractivity contribution in [1.82, 2.24) is 0 Å². The van der Waals surface area contributed by atoms with E-state index in [4.69, 9.17) is 5.11 Å². The molecule has 2 rings (SSSR count). The molecule has 0 unspecified atom stereocenters. The van der Waals surface area contributed by atoms with E-state index < -0.39 is 0 Å². The number of carbonyl (C=O) groups is 1. The molecule has 0 aromatic heterocycles. The van der Waals surface area contributed by atoms with E-state index in [1.54, 1.807) is 0 Å². The van der Waals surface area contributed by atoms with E-state index in [-0.39, 0.29) is 24.9 Å². The number of aryl methyl sites for hydroxylation is 2. The van der Waals surface area contributed by atoms with Crippen LogP contribution >= 0.6 is 0 Å². The number of aliphatic hydroxyl groups is 1. The summed E-state index contributed by atoms with van der Waals surface area (Å²) in [6.45, 7) is 12.9. The summed E-state index contributed by atoms with van der Waals surface area (Å²) in [7, 11) is 0. The van der Waals surface area contributed by atoms with Crippen LogP contribution < -0.4 is 0 Å². The highest BCUT2D eigenvalue weighted by atomic mass is 16.3. The first-order chi connectivity index (χ1) is 12.1. The molecule has 0 fully saturated rings. The van der Waals surface area contributed by atoms with E-state index >= 15 is 0 Å². The minimum Gasteiger partial charge on any atom is -0.396 e. The van der Waals surface area contributed by atoms with Gasteiger partial charge in [-0.15, -0.1) is 0 Å². The quantitative estimate of drug-likeness (QED) is 0.619.